The number of rotatable bonds is 64. The molecule has 0 saturated heterocycles. The standard InChI is InChI=1S/C72H132O6/c1-4-7-10-13-16-19-22-25-27-29-31-33-34-35-36-37-38-40-41-43-45-47-50-53-56-59-62-65-71(74)77-68-69(67-76-70(73)64-61-58-55-52-49-24-21-18-15-12-9-6-3)78-72(75)66-63-60-57-54-51-48-46-44-42-39-32-30-28-26-23-20-17-14-11-8-5-2/h22-23,25-26,29-32,69H,4-21,24,27-28,33-68H2,1-3H3/b25-22-,26-23-,31-29-,32-30-. The Morgan fingerprint density at radius 1 is 0.256 bits per heavy atom. The first-order valence-corrected chi connectivity index (χ1v) is 34.6. The molecule has 0 aliphatic heterocycles. The molecule has 0 N–H and O–H groups in total. The Labute approximate surface area is 486 Å². The molecule has 1 atom stereocenters. The number of ether oxygens (including phenoxy) is 3. The fourth-order valence-electron chi connectivity index (χ4n) is 10.3. The number of esters is 3. The van der Waals surface area contributed by atoms with Crippen molar-refractivity contribution < 1.29 is 28.6 Å². The van der Waals surface area contributed by atoms with Gasteiger partial charge in [0.2, 0.25) is 0 Å². The summed E-state index contributed by atoms with van der Waals surface area (Å²) >= 11 is 0. The number of allylic oxidation sites excluding steroid dienone is 8. The molecule has 0 aromatic heterocycles. The van der Waals surface area contributed by atoms with Gasteiger partial charge in [-0.15, -0.1) is 0 Å². The van der Waals surface area contributed by atoms with E-state index >= 15 is 0 Å². The lowest BCUT2D eigenvalue weighted by atomic mass is 10.0. The van der Waals surface area contributed by atoms with Gasteiger partial charge in [-0.2, -0.15) is 0 Å². The second-order valence-electron chi connectivity index (χ2n) is 23.4. The highest BCUT2D eigenvalue weighted by Crippen LogP contribution is 2.18. The molecule has 0 aliphatic carbocycles. The molecule has 0 amide bonds. The Kier molecular flexibility index (Phi) is 64.6. The van der Waals surface area contributed by atoms with Crippen LogP contribution < -0.4 is 0 Å². The van der Waals surface area contributed by atoms with Crippen LogP contribution in [-0.4, -0.2) is 37.2 Å². The van der Waals surface area contributed by atoms with Gasteiger partial charge < -0.3 is 14.2 Å². The van der Waals surface area contributed by atoms with E-state index in [4.69, 9.17) is 14.2 Å². The molecule has 0 fully saturated rings. The number of hydrogen-bond donors (Lipinski definition) is 0. The Morgan fingerprint density at radius 2 is 0.462 bits per heavy atom. The SMILES string of the molecule is CCCCCCC/C=C\C/C=C\CCCCCCCCCCCCCCCCCC(=O)OCC(COC(=O)CCCCCCCCCCCCCC)OC(=O)CCCCCCCCCCC/C=C\C/C=C\CCCCCCC. The molecule has 0 aliphatic rings. The molecule has 0 radical (unpaired) electrons. The smallest absolute Gasteiger partial charge is 0.306 e. The number of hydrogen-bond acceptors (Lipinski definition) is 6. The average Bonchev–Trinajstić information content (AvgIpc) is 3.44. The van der Waals surface area contributed by atoms with Gasteiger partial charge in [0.15, 0.2) is 6.10 Å². The maximum absolute atomic E-state index is 12.9. The van der Waals surface area contributed by atoms with Crippen molar-refractivity contribution in [2.75, 3.05) is 13.2 Å². The highest BCUT2D eigenvalue weighted by molar-refractivity contribution is 5.71. The Balaban J connectivity index is 4.22. The van der Waals surface area contributed by atoms with Gasteiger partial charge in [0.25, 0.3) is 0 Å². The highest BCUT2D eigenvalue weighted by atomic mass is 16.6. The van der Waals surface area contributed by atoms with E-state index in [0.29, 0.717) is 19.3 Å². The normalized spacial score (nSPS) is 12.3. The van der Waals surface area contributed by atoms with Crippen LogP contribution in [0.4, 0.5) is 0 Å². The van der Waals surface area contributed by atoms with Gasteiger partial charge in [0.05, 0.1) is 0 Å². The van der Waals surface area contributed by atoms with Crippen LogP contribution in [0.15, 0.2) is 48.6 Å². The van der Waals surface area contributed by atoms with E-state index in [1.54, 1.807) is 0 Å². The summed E-state index contributed by atoms with van der Waals surface area (Å²) in [7, 11) is 0. The van der Waals surface area contributed by atoms with E-state index < -0.39 is 6.10 Å². The third kappa shape index (κ3) is 64.2. The summed E-state index contributed by atoms with van der Waals surface area (Å²) in [5.41, 5.74) is 0. The Bertz CT molecular complexity index is 1350. The maximum Gasteiger partial charge on any atom is 0.306 e. The molecule has 1 unspecified atom stereocenters. The topological polar surface area (TPSA) is 78.9 Å². The first-order valence-electron chi connectivity index (χ1n) is 34.6. The van der Waals surface area contributed by atoms with E-state index in [2.05, 4.69) is 69.4 Å². The molecule has 6 heteroatoms. The van der Waals surface area contributed by atoms with Crippen LogP contribution in [0.3, 0.4) is 0 Å². The van der Waals surface area contributed by atoms with Gasteiger partial charge >= 0.3 is 17.9 Å². The molecule has 0 saturated carbocycles. The zero-order valence-corrected chi connectivity index (χ0v) is 52.5. The fraction of sp³-hybridized carbons (Fsp3) is 0.847. The zero-order chi connectivity index (χ0) is 56.4. The zero-order valence-electron chi connectivity index (χ0n) is 52.5. The lowest BCUT2D eigenvalue weighted by Crippen LogP contribution is -2.30. The van der Waals surface area contributed by atoms with Crippen LogP contribution in [0.1, 0.15) is 374 Å². The van der Waals surface area contributed by atoms with Crippen LogP contribution in [0.2, 0.25) is 0 Å². The molecule has 0 aromatic carbocycles. The van der Waals surface area contributed by atoms with Crippen molar-refractivity contribution >= 4 is 17.9 Å². The molecule has 6 nitrogen and oxygen atoms in total. The van der Waals surface area contributed by atoms with E-state index in [0.717, 1.165) is 70.6 Å². The minimum atomic E-state index is -0.774. The minimum Gasteiger partial charge on any atom is -0.462 e. The summed E-state index contributed by atoms with van der Waals surface area (Å²) < 4.78 is 17.0. The van der Waals surface area contributed by atoms with Crippen LogP contribution in [-0.2, 0) is 28.6 Å². The predicted molar refractivity (Wildman–Crippen MR) is 339 cm³/mol. The lowest BCUT2D eigenvalue weighted by Gasteiger charge is -2.18. The lowest BCUT2D eigenvalue weighted by molar-refractivity contribution is -0.167. The number of unbranched alkanes of at least 4 members (excludes halogenated alkanes) is 45. The molecular weight excluding hydrogens is 961 g/mol. The monoisotopic (exact) mass is 1090 g/mol. The van der Waals surface area contributed by atoms with E-state index in [1.807, 2.05) is 0 Å². The number of carbonyl (C=O) groups is 3. The van der Waals surface area contributed by atoms with Gasteiger partial charge in [0.1, 0.15) is 13.2 Å². The maximum atomic E-state index is 12.9. The van der Waals surface area contributed by atoms with Gasteiger partial charge in [-0.3, -0.25) is 14.4 Å². The molecule has 0 bridgehead atoms. The first-order chi connectivity index (χ1) is 38.5. The van der Waals surface area contributed by atoms with E-state index in [9.17, 15) is 14.4 Å². The molecule has 0 heterocycles. The summed E-state index contributed by atoms with van der Waals surface area (Å²) in [6.45, 7) is 6.67. The summed E-state index contributed by atoms with van der Waals surface area (Å²) in [6.07, 6.45) is 84.2. The van der Waals surface area contributed by atoms with Gasteiger partial charge in [-0.1, -0.05) is 320 Å². The molecule has 0 aromatic rings. The van der Waals surface area contributed by atoms with Crippen molar-refractivity contribution in [3.63, 3.8) is 0 Å². The van der Waals surface area contributed by atoms with Crippen molar-refractivity contribution in [2.24, 2.45) is 0 Å². The minimum absolute atomic E-state index is 0.0701. The third-order valence-electron chi connectivity index (χ3n) is 15.6. The quantitative estimate of drug-likeness (QED) is 0.0261. The van der Waals surface area contributed by atoms with Crippen molar-refractivity contribution in [1.29, 1.82) is 0 Å². The van der Waals surface area contributed by atoms with E-state index in [-0.39, 0.29) is 31.1 Å². The molecular formula is C72H132O6. The molecule has 0 rings (SSSR count). The fourth-order valence-corrected chi connectivity index (χ4v) is 10.3. The third-order valence-corrected chi connectivity index (χ3v) is 15.6. The van der Waals surface area contributed by atoms with Crippen molar-refractivity contribution in [3.05, 3.63) is 48.6 Å². The van der Waals surface area contributed by atoms with E-state index in [1.165, 1.54) is 263 Å². The predicted octanol–water partition coefficient (Wildman–Crippen LogP) is 23.7. The second-order valence-corrected chi connectivity index (χ2v) is 23.4. The summed E-state index contributed by atoms with van der Waals surface area (Å²) in [5, 5.41) is 0. The van der Waals surface area contributed by atoms with Crippen molar-refractivity contribution in [1.82, 2.24) is 0 Å². The van der Waals surface area contributed by atoms with Gasteiger partial charge in [0, 0.05) is 19.3 Å². The highest BCUT2D eigenvalue weighted by Gasteiger charge is 2.19. The van der Waals surface area contributed by atoms with Crippen LogP contribution in [0.5, 0.6) is 0 Å². The molecule has 456 valence electrons. The van der Waals surface area contributed by atoms with Crippen molar-refractivity contribution in [2.45, 2.75) is 380 Å². The summed E-state index contributed by atoms with van der Waals surface area (Å²) in [4.78, 5) is 38.4. The van der Waals surface area contributed by atoms with Gasteiger partial charge in [-0.25, -0.2) is 0 Å². The second kappa shape index (κ2) is 66.9. The first kappa shape index (κ1) is 75.4. The Hall–Kier alpha value is -2.63. The van der Waals surface area contributed by atoms with Crippen molar-refractivity contribution in [3.8, 4) is 0 Å². The summed E-state index contributed by atoms with van der Waals surface area (Å²) in [5.74, 6) is -0.850. The average molecular weight is 1090 g/mol. The molecule has 78 heavy (non-hydrogen) atoms. The van der Waals surface area contributed by atoms with Crippen LogP contribution in [0, 0.1) is 0 Å². The Morgan fingerprint density at radius 3 is 0.705 bits per heavy atom. The van der Waals surface area contributed by atoms with Gasteiger partial charge in [-0.05, 0) is 83.5 Å². The largest absolute Gasteiger partial charge is 0.462 e. The van der Waals surface area contributed by atoms with Crippen LogP contribution in [0.25, 0.3) is 0 Å². The van der Waals surface area contributed by atoms with Crippen LogP contribution >= 0.6 is 0 Å². The number of carbonyl (C=O) groups excluding carboxylic acids is 3. The molecule has 0 spiro atoms. The summed E-state index contributed by atoms with van der Waals surface area (Å²) in [6, 6.07) is 0.